The van der Waals surface area contributed by atoms with Gasteiger partial charge >= 0.3 is 0 Å². The van der Waals surface area contributed by atoms with E-state index in [9.17, 15) is 5.21 Å². The van der Waals surface area contributed by atoms with Gasteiger partial charge in [-0.2, -0.15) is 0 Å². The minimum atomic E-state index is -0.148. The van der Waals surface area contributed by atoms with Crippen molar-refractivity contribution in [2.75, 3.05) is 6.79 Å². The van der Waals surface area contributed by atoms with E-state index >= 15 is 0 Å². The third-order valence-electron chi connectivity index (χ3n) is 3.48. The lowest BCUT2D eigenvalue weighted by molar-refractivity contribution is -0.491. The zero-order valence-corrected chi connectivity index (χ0v) is 11.9. The zero-order chi connectivity index (χ0) is 14.7. The van der Waals surface area contributed by atoms with E-state index in [0.717, 1.165) is 27.4 Å². The van der Waals surface area contributed by atoms with Crippen molar-refractivity contribution in [2.45, 2.75) is 19.4 Å². The highest BCUT2D eigenvalue weighted by Gasteiger charge is 2.16. The molecule has 4 nitrogen and oxygen atoms in total. The van der Waals surface area contributed by atoms with Gasteiger partial charge in [0.2, 0.25) is 6.79 Å². The summed E-state index contributed by atoms with van der Waals surface area (Å²) < 4.78 is 11.6. The Morgan fingerprint density at radius 2 is 1.90 bits per heavy atom. The molecule has 0 radical (unpaired) electrons. The lowest BCUT2D eigenvalue weighted by Gasteiger charge is -2.13. The Bertz CT molecular complexity index is 652. The molecule has 0 amide bonds. The molecule has 21 heavy (non-hydrogen) atoms. The predicted octanol–water partition coefficient (Wildman–Crippen LogP) is 2.98. The molecule has 0 saturated heterocycles. The van der Waals surface area contributed by atoms with Gasteiger partial charge in [0.15, 0.2) is 23.8 Å². The van der Waals surface area contributed by atoms with Crippen LogP contribution in [0.5, 0.6) is 11.5 Å². The van der Waals surface area contributed by atoms with Crippen molar-refractivity contribution in [3.8, 4) is 11.5 Å². The van der Waals surface area contributed by atoms with E-state index in [0.29, 0.717) is 6.42 Å². The first kappa shape index (κ1) is 13.5. The molecule has 0 saturated carbocycles. The molecular weight excluding hydrogens is 266 g/mol. The molecule has 3 rings (SSSR count). The van der Waals surface area contributed by atoms with Crippen LogP contribution in [0.2, 0.25) is 0 Å². The van der Waals surface area contributed by atoms with Crippen LogP contribution >= 0.6 is 0 Å². The number of hydrogen-bond donors (Lipinski definition) is 0. The van der Waals surface area contributed by atoms with Gasteiger partial charge in [-0.1, -0.05) is 24.3 Å². The van der Waals surface area contributed by atoms with Crippen LogP contribution in [0.3, 0.4) is 0 Å². The molecular formula is C17H17NO3. The molecule has 0 fully saturated rings. The fraction of sp³-hybridized carbons (Fsp3) is 0.235. The molecule has 1 heterocycles. The van der Waals surface area contributed by atoms with Gasteiger partial charge < -0.3 is 14.7 Å². The molecule has 108 valence electrons. The number of fused-ring (bicyclic) bond motifs is 1. The Morgan fingerprint density at radius 3 is 2.71 bits per heavy atom. The van der Waals surface area contributed by atoms with E-state index in [1.165, 1.54) is 0 Å². The van der Waals surface area contributed by atoms with Gasteiger partial charge in [0.05, 0.1) is 0 Å². The first-order chi connectivity index (χ1) is 10.2. The molecule has 0 spiro atoms. The second kappa shape index (κ2) is 5.87. The summed E-state index contributed by atoms with van der Waals surface area (Å²) in [5, 5.41) is 12.2. The van der Waals surface area contributed by atoms with Crippen molar-refractivity contribution in [3.05, 3.63) is 64.9 Å². The van der Waals surface area contributed by atoms with Crippen LogP contribution in [0.25, 0.3) is 0 Å². The van der Waals surface area contributed by atoms with Crippen molar-refractivity contribution in [2.24, 2.45) is 0 Å². The normalized spacial score (nSPS) is 15.0. The molecule has 2 aromatic rings. The molecule has 1 unspecified atom stereocenters. The van der Waals surface area contributed by atoms with Crippen molar-refractivity contribution in [1.82, 2.24) is 0 Å². The van der Waals surface area contributed by atoms with E-state index in [4.69, 9.17) is 9.47 Å². The van der Waals surface area contributed by atoms with Gasteiger partial charge in [-0.05, 0) is 36.8 Å². The molecule has 0 aliphatic carbocycles. The number of rotatable bonds is 4. The summed E-state index contributed by atoms with van der Waals surface area (Å²) in [6.07, 6.45) is 2.28. The maximum Gasteiger partial charge on any atom is 0.231 e. The Morgan fingerprint density at radius 1 is 1.14 bits per heavy atom. The smallest absolute Gasteiger partial charge is 0.231 e. The lowest BCUT2D eigenvalue weighted by Crippen LogP contribution is -2.21. The largest absolute Gasteiger partial charge is 0.624 e. The standard InChI is InChI=1S/C17H17NO3/c1-13(18(19)11-14-5-3-2-4-6-14)9-15-7-8-16-17(10-15)21-12-20-16/h2-8,10-11,13H,9,12H2,1H3/b18-11-. The summed E-state index contributed by atoms with van der Waals surface area (Å²) >= 11 is 0. The molecule has 0 bridgehead atoms. The van der Waals surface area contributed by atoms with Crippen LogP contribution in [0.1, 0.15) is 18.1 Å². The predicted molar refractivity (Wildman–Crippen MR) is 81.0 cm³/mol. The van der Waals surface area contributed by atoms with E-state index < -0.39 is 0 Å². The molecule has 1 aliphatic rings. The molecule has 4 heteroatoms. The summed E-state index contributed by atoms with van der Waals surface area (Å²) in [5.41, 5.74) is 1.97. The number of hydroxylamine groups is 1. The Kier molecular flexibility index (Phi) is 3.77. The van der Waals surface area contributed by atoms with Crippen molar-refractivity contribution >= 4 is 6.21 Å². The van der Waals surface area contributed by atoms with Crippen molar-refractivity contribution in [3.63, 3.8) is 0 Å². The van der Waals surface area contributed by atoms with Crippen molar-refractivity contribution in [1.29, 1.82) is 0 Å². The topological polar surface area (TPSA) is 44.5 Å². The van der Waals surface area contributed by atoms with E-state index in [1.807, 2.05) is 55.5 Å². The van der Waals surface area contributed by atoms with Crippen LogP contribution in [0, 0.1) is 5.21 Å². The second-order valence-corrected chi connectivity index (χ2v) is 5.14. The fourth-order valence-corrected chi connectivity index (χ4v) is 2.31. The summed E-state index contributed by atoms with van der Waals surface area (Å²) in [5.74, 6) is 1.52. The summed E-state index contributed by atoms with van der Waals surface area (Å²) in [6, 6.07) is 15.3. The Labute approximate surface area is 123 Å². The second-order valence-electron chi connectivity index (χ2n) is 5.14. The lowest BCUT2D eigenvalue weighted by atomic mass is 10.1. The molecule has 0 N–H and O–H groups in total. The van der Waals surface area contributed by atoms with Gasteiger partial charge in [0.1, 0.15) is 0 Å². The molecule has 0 aromatic heterocycles. The highest BCUT2D eigenvalue weighted by molar-refractivity contribution is 5.75. The Hall–Kier alpha value is -2.49. The summed E-state index contributed by atoms with van der Waals surface area (Å²) in [7, 11) is 0. The number of benzene rings is 2. The fourth-order valence-electron chi connectivity index (χ4n) is 2.31. The number of hydrogen-bond acceptors (Lipinski definition) is 3. The Balaban J connectivity index is 1.71. The number of nitrogens with zero attached hydrogens (tertiary/aromatic N) is 1. The van der Waals surface area contributed by atoms with Crippen LogP contribution < -0.4 is 9.47 Å². The van der Waals surface area contributed by atoms with E-state index in [2.05, 4.69) is 0 Å². The number of ether oxygens (including phenoxy) is 2. The van der Waals surface area contributed by atoms with Crippen LogP contribution in [-0.4, -0.2) is 23.8 Å². The average Bonchev–Trinajstić information content (AvgIpc) is 2.95. The van der Waals surface area contributed by atoms with Gasteiger partial charge in [-0.25, -0.2) is 4.74 Å². The zero-order valence-electron chi connectivity index (χ0n) is 11.9. The summed E-state index contributed by atoms with van der Waals surface area (Å²) in [4.78, 5) is 0. The van der Waals surface area contributed by atoms with E-state index in [1.54, 1.807) is 6.21 Å². The minimum absolute atomic E-state index is 0.148. The van der Waals surface area contributed by atoms with E-state index in [-0.39, 0.29) is 12.8 Å². The van der Waals surface area contributed by atoms with Gasteiger partial charge in [0.25, 0.3) is 0 Å². The first-order valence-electron chi connectivity index (χ1n) is 6.96. The highest BCUT2D eigenvalue weighted by Crippen LogP contribution is 2.32. The first-order valence-corrected chi connectivity index (χ1v) is 6.96. The van der Waals surface area contributed by atoms with Crippen molar-refractivity contribution < 1.29 is 14.2 Å². The van der Waals surface area contributed by atoms with Gasteiger partial charge in [-0.3, -0.25) is 0 Å². The highest BCUT2D eigenvalue weighted by atomic mass is 16.7. The third-order valence-corrected chi connectivity index (χ3v) is 3.48. The van der Waals surface area contributed by atoms with Gasteiger partial charge in [0, 0.05) is 12.0 Å². The molecule has 2 aromatic carbocycles. The SMILES string of the molecule is CC(Cc1ccc2c(c1)OCO2)/[N+]([O-])=C/c1ccccc1. The molecule has 1 atom stereocenters. The molecule has 1 aliphatic heterocycles. The monoisotopic (exact) mass is 283 g/mol. The quantitative estimate of drug-likeness (QED) is 0.375. The average molecular weight is 283 g/mol. The third kappa shape index (κ3) is 3.16. The van der Waals surface area contributed by atoms with Crippen LogP contribution in [0.15, 0.2) is 48.5 Å². The van der Waals surface area contributed by atoms with Crippen LogP contribution in [-0.2, 0) is 6.42 Å². The van der Waals surface area contributed by atoms with Gasteiger partial charge in [-0.15, -0.1) is 0 Å². The minimum Gasteiger partial charge on any atom is -0.624 e. The maximum absolute atomic E-state index is 12.2. The maximum atomic E-state index is 12.2. The summed E-state index contributed by atoms with van der Waals surface area (Å²) in [6.45, 7) is 2.18. The van der Waals surface area contributed by atoms with Crippen LogP contribution in [0.4, 0.5) is 0 Å².